The third-order valence-corrected chi connectivity index (χ3v) is 2.74. The molecule has 2 nitrogen and oxygen atoms in total. The summed E-state index contributed by atoms with van der Waals surface area (Å²) in [6, 6.07) is 5.26. The van der Waals surface area contributed by atoms with Gasteiger partial charge in [-0.15, -0.1) is 0 Å². The van der Waals surface area contributed by atoms with Crippen molar-refractivity contribution in [1.82, 2.24) is 5.32 Å². The zero-order valence-corrected chi connectivity index (χ0v) is 8.92. The van der Waals surface area contributed by atoms with Crippen molar-refractivity contribution >= 4 is 0 Å². The van der Waals surface area contributed by atoms with Crippen LogP contribution in [-0.4, -0.2) is 19.7 Å². The summed E-state index contributed by atoms with van der Waals surface area (Å²) >= 11 is 0. The molecule has 1 aliphatic heterocycles. The largest absolute Gasteiger partial charge is 0.372 e. The fourth-order valence-electron chi connectivity index (χ4n) is 1.99. The number of likely N-dealkylation sites (N-methyl/N-ethyl adjacent to an activating group) is 1. The molecule has 0 aliphatic carbocycles. The van der Waals surface area contributed by atoms with E-state index >= 15 is 0 Å². The van der Waals surface area contributed by atoms with Gasteiger partial charge in [-0.25, -0.2) is 4.39 Å². The molecular weight excluding hydrogens is 193 g/mol. The molecule has 0 spiro atoms. The Labute approximate surface area is 89.4 Å². The number of ether oxygens (including phenoxy) is 1. The van der Waals surface area contributed by atoms with Gasteiger partial charge >= 0.3 is 0 Å². The van der Waals surface area contributed by atoms with Gasteiger partial charge in [0.25, 0.3) is 0 Å². The molecule has 3 heteroatoms. The number of nitrogens with one attached hydrogen (secondary N) is 1. The van der Waals surface area contributed by atoms with Gasteiger partial charge in [-0.1, -0.05) is 19.1 Å². The quantitative estimate of drug-likeness (QED) is 0.822. The first-order chi connectivity index (χ1) is 7.33. The molecule has 1 N–H and O–H groups in total. The van der Waals surface area contributed by atoms with Crippen molar-refractivity contribution in [1.29, 1.82) is 0 Å². The number of hydrogen-bond donors (Lipinski definition) is 1. The Bertz CT molecular complexity index is 340. The monoisotopic (exact) mass is 209 g/mol. The van der Waals surface area contributed by atoms with Gasteiger partial charge in [-0.2, -0.15) is 0 Å². The highest BCUT2D eigenvalue weighted by atomic mass is 19.1. The maximum atomic E-state index is 13.6. The van der Waals surface area contributed by atoms with Crippen LogP contribution < -0.4 is 5.32 Å². The first kappa shape index (κ1) is 10.6. The van der Waals surface area contributed by atoms with Crippen LogP contribution in [0.5, 0.6) is 0 Å². The first-order valence-electron chi connectivity index (χ1n) is 5.42. The van der Waals surface area contributed by atoms with Gasteiger partial charge in [0.2, 0.25) is 0 Å². The molecule has 0 amide bonds. The van der Waals surface area contributed by atoms with Crippen LogP contribution in [0.4, 0.5) is 4.39 Å². The summed E-state index contributed by atoms with van der Waals surface area (Å²) in [5.41, 5.74) is 1.83. The highest BCUT2D eigenvalue weighted by Crippen LogP contribution is 2.28. The predicted octanol–water partition coefficient (Wildman–Crippen LogP) is 2.05. The lowest BCUT2D eigenvalue weighted by Gasteiger charge is -2.26. The third-order valence-electron chi connectivity index (χ3n) is 2.74. The minimum absolute atomic E-state index is 0.130. The Balaban J connectivity index is 2.24. The fraction of sp³-hybridized carbons (Fsp3) is 0.500. The van der Waals surface area contributed by atoms with Gasteiger partial charge in [0, 0.05) is 12.1 Å². The normalized spacial score (nSPS) is 20.0. The molecule has 0 saturated heterocycles. The van der Waals surface area contributed by atoms with E-state index in [1.807, 2.05) is 13.0 Å². The molecule has 2 rings (SSSR count). The zero-order chi connectivity index (χ0) is 10.7. The highest BCUT2D eigenvalue weighted by Gasteiger charge is 2.23. The number of halogens is 1. The maximum Gasteiger partial charge on any atom is 0.129 e. The van der Waals surface area contributed by atoms with Gasteiger partial charge in [0.15, 0.2) is 0 Å². The van der Waals surface area contributed by atoms with Crippen LogP contribution in [0.25, 0.3) is 0 Å². The lowest BCUT2D eigenvalue weighted by atomic mass is 9.97. The smallest absolute Gasteiger partial charge is 0.129 e. The van der Waals surface area contributed by atoms with Crippen LogP contribution in [0.1, 0.15) is 24.2 Å². The Morgan fingerprint density at radius 1 is 1.53 bits per heavy atom. The second-order valence-electron chi connectivity index (χ2n) is 3.73. The van der Waals surface area contributed by atoms with Gasteiger partial charge in [0.05, 0.1) is 12.7 Å². The number of fused-ring (bicyclic) bond motifs is 1. The summed E-state index contributed by atoms with van der Waals surface area (Å²) in [4.78, 5) is 0. The van der Waals surface area contributed by atoms with Crippen molar-refractivity contribution in [3.63, 3.8) is 0 Å². The van der Waals surface area contributed by atoms with Crippen LogP contribution >= 0.6 is 0 Å². The van der Waals surface area contributed by atoms with Crippen LogP contribution in [-0.2, 0) is 11.2 Å². The Morgan fingerprint density at radius 3 is 3.20 bits per heavy atom. The molecule has 0 bridgehead atoms. The topological polar surface area (TPSA) is 21.3 Å². The van der Waals surface area contributed by atoms with E-state index in [-0.39, 0.29) is 11.9 Å². The molecule has 0 saturated carbocycles. The summed E-state index contributed by atoms with van der Waals surface area (Å²) in [5, 5.41) is 3.19. The molecule has 0 fully saturated rings. The molecule has 0 unspecified atom stereocenters. The van der Waals surface area contributed by atoms with E-state index in [0.717, 1.165) is 24.1 Å². The van der Waals surface area contributed by atoms with Crippen LogP contribution in [0.15, 0.2) is 18.2 Å². The fourth-order valence-corrected chi connectivity index (χ4v) is 1.99. The van der Waals surface area contributed by atoms with E-state index in [4.69, 9.17) is 4.74 Å². The van der Waals surface area contributed by atoms with Crippen LogP contribution in [0, 0.1) is 5.82 Å². The molecular formula is C12H16FNO. The summed E-state index contributed by atoms with van der Waals surface area (Å²) in [5.74, 6) is -0.143. The van der Waals surface area contributed by atoms with Crippen molar-refractivity contribution in [2.75, 3.05) is 19.7 Å². The maximum absolute atomic E-state index is 13.6. The van der Waals surface area contributed by atoms with Crippen molar-refractivity contribution < 1.29 is 9.13 Å². The van der Waals surface area contributed by atoms with E-state index in [9.17, 15) is 4.39 Å². The minimum Gasteiger partial charge on any atom is -0.372 e. The van der Waals surface area contributed by atoms with E-state index in [2.05, 4.69) is 5.32 Å². The molecule has 1 atom stereocenters. The van der Waals surface area contributed by atoms with Crippen molar-refractivity contribution in [2.45, 2.75) is 19.4 Å². The molecule has 1 aromatic rings. The average molecular weight is 209 g/mol. The van der Waals surface area contributed by atoms with Gasteiger partial charge < -0.3 is 10.1 Å². The Hall–Kier alpha value is -0.930. The predicted molar refractivity (Wildman–Crippen MR) is 57.3 cm³/mol. The summed E-state index contributed by atoms with van der Waals surface area (Å²) in [7, 11) is 0. The molecule has 1 aromatic carbocycles. The van der Waals surface area contributed by atoms with Gasteiger partial charge in [-0.3, -0.25) is 0 Å². The molecule has 0 aromatic heterocycles. The lowest BCUT2D eigenvalue weighted by Crippen LogP contribution is -2.28. The van der Waals surface area contributed by atoms with Crippen molar-refractivity contribution in [3.8, 4) is 0 Å². The van der Waals surface area contributed by atoms with Gasteiger partial charge in [0.1, 0.15) is 5.82 Å². The molecule has 1 aliphatic rings. The molecule has 1 heterocycles. The van der Waals surface area contributed by atoms with E-state index in [1.165, 1.54) is 6.07 Å². The van der Waals surface area contributed by atoms with Crippen LogP contribution in [0.2, 0.25) is 0 Å². The summed E-state index contributed by atoms with van der Waals surface area (Å²) in [6.45, 7) is 4.28. The number of rotatable bonds is 3. The lowest BCUT2D eigenvalue weighted by molar-refractivity contribution is 0.0401. The van der Waals surface area contributed by atoms with Gasteiger partial charge in [-0.05, 0) is 24.6 Å². The summed E-state index contributed by atoms with van der Waals surface area (Å²) < 4.78 is 19.2. The van der Waals surface area contributed by atoms with E-state index in [1.54, 1.807) is 6.07 Å². The second-order valence-corrected chi connectivity index (χ2v) is 3.73. The number of benzene rings is 1. The molecule has 82 valence electrons. The number of hydrogen-bond acceptors (Lipinski definition) is 2. The highest BCUT2D eigenvalue weighted by molar-refractivity contribution is 5.32. The second kappa shape index (κ2) is 4.73. The standard InChI is InChI=1S/C12H16FNO/c1-2-14-8-11-12-9(6-7-15-11)4-3-5-10(12)13/h3-5,11,14H,2,6-8H2,1H3/t11-/m0/s1. The molecule has 0 radical (unpaired) electrons. The van der Waals surface area contributed by atoms with Crippen molar-refractivity contribution in [2.24, 2.45) is 0 Å². The van der Waals surface area contributed by atoms with E-state index < -0.39 is 0 Å². The SMILES string of the molecule is CCNC[C@@H]1OCCc2cccc(F)c21. The molecule has 15 heavy (non-hydrogen) atoms. The summed E-state index contributed by atoms with van der Waals surface area (Å²) in [6.07, 6.45) is 0.685. The Morgan fingerprint density at radius 2 is 2.40 bits per heavy atom. The Kier molecular flexibility index (Phi) is 3.34. The first-order valence-corrected chi connectivity index (χ1v) is 5.42. The average Bonchev–Trinajstić information content (AvgIpc) is 2.26. The third kappa shape index (κ3) is 2.19. The van der Waals surface area contributed by atoms with E-state index in [0.29, 0.717) is 13.2 Å². The van der Waals surface area contributed by atoms with Crippen LogP contribution in [0.3, 0.4) is 0 Å². The minimum atomic E-state index is -0.143. The zero-order valence-electron chi connectivity index (χ0n) is 8.92. The van der Waals surface area contributed by atoms with Crippen molar-refractivity contribution in [3.05, 3.63) is 35.1 Å².